The predicted octanol–water partition coefficient (Wildman–Crippen LogP) is 4.68. The molecule has 0 unspecified atom stereocenters. The highest BCUT2D eigenvalue weighted by Gasteiger charge is 2.19. The van der Waals surface area contributed by atoms with Crippen LogP contribution < -0.4 is 4.90 Å². The molecule has 0 radical (unpaired) electrons. The van der Waals surface area contributed by atoms with Gasteiger partial charge >= 0.3 is 0 Å². The van der Waals surface area contributed by atoms with Crippen LogP contribution in [0.3, 0.4) is 0 Å². The topological polar surface area (TPSA) is 52.8 Å². The number of aryl methyl sites for hydroxylation is 1. The minimum absolute atomic E-state index is 0.505. The van der Waals surface area contributed by atoms with Gasteiger partial charge in [-0.25, -0.2) is 9.97 Å². The van der Waals surface area contributed by atoms with E-state index in [2.05, 4.69) is 28.2 Å². The quantitative estimate of drug-likeness (QED) is 0.488. The number of nitrogens with zero attached hydrogens (tertiary/aromatic N) is 4. The molecule has 0 aliphatic heterocycles. The summed E-state index contributed by atoms with van der Waals surface area (Å²) in [6.45, 7) is 2.72. The van der Waals surface area contributed by atoms with Crippen LogP contribution in [-0.2, 0) is 6.54 Å². The highest BCUT2D eigenvalue weighted by atomic mass is 32.2. The molecule has 4 nitrogen and oxygen atoms in total. The van der Waals surface area contributed by atoms with Crippen molar-refractivity contribution in [2.45, 2.75) is 18.6 Å². The second-order valence-corrected chi connectivity index (χ2v) is 6.85. The summed E-state index contributed by atoms with van der Waals surface area (Å²) in [6, 6.07) is 20.6. The Kier molecular flexibility index (Phi) is 5.55. The van der Waals surface area contributed by atoms with E-state index >= 15 is 0 Å². The number of nitriles is 1. The van der Waals surface area contributed by atoms with E-state index < -0.39 is 0 Å². The molecule has 0 saturated carbocycles. The van der Waals surface area contributed by atoms with Gasteiger partial charge in [0, 0.05) is 19.2 Å². The molecule has 3 aromatic rings. The van der Waals surface area contributed by atoms with Crippen molar-refractivity contribution in [2.24, 2.45) is 0 Å². The molecule has 0 saturated heterocycles. The average molecular weight is 360 g/mol. The van der Waals surface area contributed by atoms with E-state index in [1.54, 1.807) is 0 Å². The van der Waals surface area contributed by atoms with Crippen molar-refractivity contribution in [3.05, 3.63) is 71.3 Å². The maximum atomic E-state index is 9.83. The van der Waals surface area contributed by atoms with Crippen LogP contribution in [0.4, 0.5) is 5.82 Å². The summed E-state index contributed by atoms with van der Waals surface area (Å²) < 4.78 is 0. The van der Waals surface area contributed by atoms with E-state index in [0.717, 1.165) is 5.56 Å². The molecule has 0 bridgehead atoms. The van der Waals surface area contributed by atoms with Crippen molar-refractivity contribution in [3.8, 4) is 17.3 Å². The van der Waals surface area contributed by atoms with Gasteiger partial charge in [0.2, 0.25) is 0 Å². The Balaban J connectivity index is 2.08. The molecule has 2 aromatic carbocycles. The molecule has 1 heterocycles. The standard InChI is InChI=1S/C21H20N4S/c1-15-9-11-17(12-10-15)19-18(13-22)20(24-21(23-19)26-3)25(2)14-16-7-5-4-6-8-16/h4-12H,14H2,1-3H3. The molecule has 3 rings (SSSR count). The van der Waals surface area contributed by atoms with Crippen LogP contribution in [0.5, 0.6) is 0 Å². The Bertz CT molecular complexity index is 931. The third kappa shape index (κ3) is 3.87. The fourth-order valence-corrected chi connectivity index (χ4v) is 3.11. The lowest BCUT2D eigenvalue weighted by Gasteiger charge is -2.21. The first-order valence-corrected chi connectivity index (χ1v) is 9.53. The first kappa shape index (κ1) is 18.0. The van der Waals surface area contributed by atoms with Gasteiger partial charge in [0.15, 0.2) is 11.0 Å². The van der Waals surface area contributed by atoms with Crippen LogP contribution in [-0.4, -0.2) is 23.3 Å². The summed E-state index contributed by atoms with van der Waals surface area (Å²) >= 11 is 1.48. The Morgan fingerprint density at radius 1 is 1.04 bits per heavy atom. The van der Waals surface area contributed by atoms with Gasteiger partial charge in [0.05, 0.1) is 5.69 Å². The number of aromatic nitrogens is 2. The summed E-state index contributed by atoms with van der Waals surface area (Å²) in [7, 11) is 1.96. The lowest BCUT2D eigenvalue weighted by molar-refractivity contribution is 0.855. The minimum atomic E-state index is 0.505. The van der Waals surface area contributed by atoms with E-state index in [9.17, 15) is 5.26 Å². The maximum Gasteiger partial charge on any atom is 0.189 e. The van der Waals surface area contributed by atoms with Crippen molar-refractivity contribution in [3.63, 3.8) is 0 Å². The second kappa shape index (κ2) is 8.03. The van der Waals surface area contributed by atoms with E-state index in [-0.39, 0.29) is 0 Å². The normalized spacial score (nSPS) is 10.4. The first-order valence-electron chi connectivity index (χ1n) is 8.30. The number of thioether (sulfide) groups is 1. The van der Waals surface area contributed by atoms with E-state index in [1.807, 2.05) is 67.6 Å². The molecule has 5 heteroatoms. The summed E-state index contributed by atoms with van der Waals surface area (Å²) in [5.74, 6) is 0.659. The zero-order chi connectivity index (χ0) is 18.5. The number of hydrogen-bond donors (Lipinski definition) is 0. The summed E-state index contributed by atoms with van der Waals surface area (Å²) in [6.07, 6.45) is 1.95. The van der Waals surface area contributed by atoms with E-state index in [0.29, 0.717) is 28.8 Å². The number of rotatable bonds is 5. The monoisotopic (exact) mass is 360 g/mol. The van der Waals surface area contributed by atoms with Crippen LogP contribution in [0.2, 0.25) is 0 Å². The van der Waals surface area contributed by atoms with Gasteiger partial charge in [-0.2, -0.15) is 5.26 Å². The number of hydrogen-bond acceptors (Lipinski definition) is 5. The molecule has 0 amide bonds. The van der Waals surface area contributed by atoms with Gasteiger partial charge in [0.1, 0.15) is 11.6 Å². The summed E-state index contributed by atoms with van der Waals surface area (Å²) in [4.78, 5) is 11.2. The van der Waals surface area contributed by atoms with Crippen LogP contribution in [0.1, 0.15) is 16.7 Å². The molecule has 0 aliphatic rings. The number of benzene rings is 2. The molecule has 0 N–H and O–H groups in total. The van der Waals surface area contributed by atoms with Crippen LogP contribution in [0, 0.1) is 18.3 Å². The number of anilines is 1. The molecule has 0 spiro atoms. The van der Waals surface area contributed by atoms with Gasteiger partial charge in [-0.3, -0.25) is 0 Å². The Morgan fingerprint density at radius 3 is 2.35 bits per heavy atom. The van der Waals surface area contributed by atoms with Gasteiger partial charge in [-0.05, 0) is 18.7 Å². The molecule has 26 heavy (non-hydrogen) atoms. The van der Waals surface area contributed by atoms with Crippen LogP contribution in [0.15, 0.2) is 59.8 Å². The summed E-state index contributed by atoms with van der Waals surface area (Å²) in [5.41, 5.74) is 4.46. The smallest absolute Gasteiger partial charge is 0.189 e. The zero-order valence-corrected chi connectivity index (χ0v) is 15.9. The Labute approximate surface area is 158 Å². The molecular formula is C21H20N4S. The largest absolute Gasteiger partial charge is 0.354 e. The van der Waals surface area contributed by atoms with Crippen LogP contribution >= 0.6 is 11.8 Å². The van der Waals surface area contributed by atoms with E-state index in [4.69, 9.17) is 0 Å². The third-order valence-electron chi connectivity index (χ3n) is 4.11. The Morgan fingerprint density at radius 2 is 1.73 bits per heavy atom. The Hall–Kier alpha value is -2.84. The van der Waals surface area contributed by atoms with Gasteiger partial charge in [-0.15, -0.1) is 0 Å². The minimum Gasteiger partial charge on any atom is -0.354 e. The lowest BCUT2D eigenvalue weighted by atomic mass is 10.1. The maximum absolute atomic E-state index is 9.83. The van der Waals surface area contributed by atoms with Crippen molar-refractivity contribution in [1.29, 1.82) is 5.26 Å². The SMILES string of the molecule is CSc1nc(-c2ccc(C)cc2)c(C#N)c(N(C)Cc2ccccc2)n1. The fourth-order valence-electron chi connectivity index (χ4n) is 2.75. The van der Waals surface area contributed by atoms with Crippen LogP contribution in [0.25, 0.3) is 11.3 Å². The molecule has 0 atom stereocenters. The molecule has 0 fully saturated rings. The third-order valence-corrected chi connectivity index (χ3v) is 4.66. The highest BCUT2D eigenvalue weighted by Crippen LogP contribution is 2.30. The first-order chi connectivity index (χ1) is 12.6. The molecule has 0 aliphatic carbocycles. The van der Waals surface area contributed by atoms with Gasteiger partial charge in [0.25, 0.3) is 0 Å². The lowest BCUT2D eigenvalue weighted by Crippen LogP contribution is -2.20. The second-order valence-electron chi connectivity index (χ2n) is 6.08. The van der Waals surface area contributed by atoms with Crippen molar-refractivity contribution >= 4 is 17.6 Å². The van der Waals surface area contributed by atoms with Gasteiger partial charge in [-0.1, -0.05) is 71.9 Å². The zero-order valence-electron chi connectivity index (χ0n) is 15.1. The van der Waals surface area contributed by atoms with Crippen molar-refractivity contribution < 1.29 is 0 Å². The van der Waals surface area contributed by atoms with Crippen molar-refractivity contribution in [1.82, 2.24) is 9.97 Å². The highest BCUT2D eigenvalue weighted by molar-refractivity contribution is 7.98. The predicted molar refractivity (Wildman–Crippen MR) is 107 cm³/mol. The van der Waals surface area contributed by atoms with E-state index in [1.165, 1.54) is 22.9 Å². The van der Waals surface area contributed by atoms with Crippen molar-refractivity contribution in [2.75, 3.05) is 18.2 Å². The molecule has 1 aromatic heterocycles. The average Bonchev–Trinajstić information content (AvgIpc) is 2.68. The van der Waals surface area contributed by atoms with Gasteiger partial charge < -0.3 is 4.90 Å². The summed E-state index contributed by atoms with van der Waals surface area (Å²) in [5, 5.41) is 10.5. The molecular weight excluding hydrogens is 340 g/mol. The molecule has 130 valence electrons. The fraction of sp³-hybridized carbons (Fsp3) is 0.190.